The van der Waals surface area contributed by atoms with Gasteiger partial charge in [0.2, 0.25) is 0 Å². The van der Waals surface area contributed by atoms with E-state index in [-0.39, 0.29) is 4.83 Å². The monoisotopic (exact) mass is 474 g/mol. The number of fused-ring (bicyclic) bond motifs is 1. The predicted octanol–water partition coefficient (Wildman–Crippen LogP) is 5.78. The minimum atomic E-state index is 0.0835. The van der Waals surface area contributed by atoms with E-state index in [1.54, 1.807) is 0 Å². The first-order valence-electron chi connectivity index (χ1n) is 6.56. The molecule has 3 rings (SSSR count). The minimum Gasteiger partial charge on any atom is -0.486 e. The molecule has 0 saturated carbocycles. The number of rotatable bonds is 2. The van der Waals surface area contributed by atoms with Crippen molar-refractivity contribution < 1.29 is 9.47 Å². The van der Waals surface area contributed by atoms with Gasteiger partial charge in [-0.05, 0) is 41.8 Å². The Morgan fingerprint density at radius 3 is 2.33 bits per heavy atom. The summed E-state index contributed by atoms with van der Waals surface area (Å²) in [7, 11) is 0. The third-order valence-corrected chi connectivity index (χ3v) is 6.05. The van der Waals surface area contributed by atoms with Crippen LogP contribution in [0.5, 0.6) is 11.5 Å². The molecule has 1 heterocycles. The summed E-state index contributed by atoms with van der Waals surface area (Å²) in [6, 6.07) is 10.2. The molecule has 0 radical (unpaired) electrons. The average molecular weight is 477 g/mol. The van der Waals surface area contributed by atoms with Gasteiger partial charge in [0.1, 0.15) is 13.2 Å². The standard InChI is InChI=1S/C16H13Br3O2/c1-9-10(3-2-4-12(9)17)16(19)11-7-14-15(8-13(11)18)21-6-5-20-14/h2-4,7-8,16H,5-6H2,1H3. The van der Waals surface area contributed by atoms with E-state index in [9.17, 15) is 0 Å². The normalized spacial score (nSPS) is 14.9. The molecule has 1 atom stereocenters. The molecule has 1 unspecified atom stereocenters. The molecule has 0 saturated heterocycles. The van der Waals surface area contributed by atoms with Crippen LogP contribution in [0.4, 0.5) is 0 Å². The van der Waals surface area contributed by atoms with Crippen molar-refractivity contribution in [3.8, 4) is 11.5 Å². The molecule has 21 heavy (non-hydrogen) atoms. The minimum absolute atomic E-state index is 0.0835. The average Bonchev–Trinajstić information content (AvgIpc) is 2.48. The van der Waals surface area contributed by atoms with Crippen LogP contribution in [0, 0.1) is 6.92 Å². The molecular formula is C16H13Br3O2. The largest absolute Gasteiger partial charge is 0.486 e. The Kier molecular flexibility index (Phi) is 4.62. The number of hydrogen-bond acceptors (Lipinski definition) is 2. The highest BCUT2D eigenvalue weighted by Gasteiger charge is 2.21. The van der Waals surface area contributed by atoms with Crippen molar-refractivity contribution in [2.45, 2.75) is 11.8 Å². The zero-order valence-corrected chi connectivity index (χ0v) is 16.1. The van der Waals surface area contributed by atoms with Gasteiger partial charge in [-0.25, -0.2) is 0 Å². The zero-order chi connectivity index (χ0) is 15.0. The summed E-state index contributed by atoms with van der Waals surface area (Å²) in [4.78, 5) is 0.0835. The fraction of sp³-hybridized carbons (Fsp3) is 0.250. The van der Waals surface area contributed by atoms with Gasteiger partial charge in [0.05, 0.1) is 4.83 Å². The zero-order valence-electron chi connectivity index (χ0n) is 11.3. The van der Waals surface area contributed by atoms with E-state index in [2.05, 4.69) is 66.8 Å². The lowest BCUT2D eigenvalue weighted by atomic mass is 10.00. The van der Waals surface area contributed by atoms with E-state index < -0.39 is 0 Å². The maximum absolute atomic E-state index is 5.68. The van der Waals surface area contributed by atoms with E-state index in [1.165, 1.54) is 11.1 Å². The highest BCUT2D eigenvalue weighted by Crippen LogP contribution is 2.43. The first-order chi connectivity index (χ1) is 10.1. The van der Waals surface area contributed by atoms with Crippen LogP contribution < -0.4 is 9.47 Å². The molecule has 2 aromatic carbocycles. The fourth-order valence-corrected chi connectivity index (χ4v) is 4.45. The van der Waals surface area contributed by atoms with Gasteiger partial charge in [-0.1, -0.05) is 59.9 Å². The summed E-state index contributed by atoms with van der Waals surface area (Å²) in [5.74, 6) is 1.60. The van der Waals surface area contributed by atoms with Crippen molar-refractivity contribution in [2.75, 3.05) is 13.2 Å². The lowest BCUT2D eigenvalue weighted by Crippen LogP contribution is -2.15. The van der Waals surface area contributed by atoms with Gasteiger partial charge in [0.15, 0.2) is 11.5 Å². The molecule has 0 bridgehead atoms. The van der Waals surface area contributed by atoms with Crippen LogP contribution in [0.25, 0.3) is 0 Å². The second-order valence-electron chi connectivity index (χ2n) is 4.83. The van der Waals surface area contributed by atoms with Gasteiger partial charge in [-0.2, -0.15) is 0 Å². The summed E-state index contributed by atoms with van der Waals surface area (Å²) in [6.07, 6.45) is 0. The van der Waals surface area contributed by atoms with Gasteiger partial charge < -0.3 is 9.47 Å². The Hall–Kier alpha value is -0.520. The molecule has 2 nitrogen and oxygen atoms in total. The molecular weight excluding hydrogens is 464 g/mol. The molecule has 2 aromatic rings. The first-order valence-corrected chi connectivity index (χ1v) is 9.06. The van der Waals surface area contributed by atoms with E-state index in [1.807, 2.05) is 18.2 Å². The quantitative estimate of drug-likeness (QED) is 0.512. The summed E-state index contributed by atoms with van der Waals surface area (Å²) in [5, 5.41) is 0. The summed E-state index contributed by atoms with van der Waals surface area (Å²) < 4.78 is 13.4. The van der Waals surface area contributed by atoms with Gasteiger partial charge in [0.25, 0.3) is 0 Å². The molecule has 1 aliphatic rings. The highest BCUT2D eigenvalue weighted by molar-refractivity contribution is 9.11. The molecule has 0 amide bonds. The summed E-state index contributed by atoms with van der Waals surface area (Å²) in [5.41, 5.74) is 3.57. The van der Waals surface area contributed by atoms with Crippen LogP contribution >= 0.6 is 47.8 Å². The van der Waals surface area contributed by atoms with E-state index in [4.69, 9.17) is 9.47 Å². The molecule has 0 aromatic heterocycles. The number of halogens is 3. The topological polar surface area (TPSA) is 18.5 Å². The Morgan fingerprint density at radius 1 is 0.952 bits per heavy atom. The van der Waals surface area contributed by atoms with Crippen LogP contribution in [-0.4, -0.2) is 13.2 Å². The number of hydrogen-bond donors (Lipinski definition) is 0. The van der Waals surface area contributed by atoms with Crippen LogP contribution in [0.15, 0.2) is 39.3 Å². The van der Waals surface area contributed by atoms with Crippen LogP contribution in [0.3, 0.4) is 0 Å². The Bertz CT molecular complexity index is 685. The van der Waals surface area contributed by atoms with Crippen LogP contribution in [-0.2, 0) is 0 Å². The number of alkyl halides is 1. The van der Waals surface area contributed by atoms with E-state index in [0.29, 0.717) is 13.2 Å². The second kappa shape index (κ2) is 6.31. The van der Waals surface area contributed by atoms with E-state index >= 15 is 0 Å². The van der Waals surface area contributed by atoms with Crippen molar-refractivity contribution in [1.82, 2.24) is 0 Å². The molecule has 0 aliphatic carbocycles. The van der Waals surface area contributed by atoms with E-state index in [0.717, 1.165) is 26.0 Å². The smallest absolute Gasteiger partial charge is 0.162 e. The third kappa shape index (κ3) is 3.01. The molecule has 1 aliphatic heterocycles. The predicted molar refractivity (Wildman–Crippen MR) is 94.8 cm³/mol. The molecule has 0 N–H and O–H groups in total. The Labute approximate surface area is 149 Å². The Balaban J connectivity index is 2.05. The van der Waals surface area contributed by atoms with Gasteiger partial charge in [-0.3, -0.25) is 0 Å². The highest BCUT2D eigenvalue weighted by atomic mass is 79.9. The summed E-state index contributed by atoms with van der Waals surface area (Å²) >= 11 is 11.0. The van der Waals surface area contributed by atoms with Crippen molar-refractivity contribution in [2.24, 2.45) is 0 Å². The van der Waals surface area contributed by atoms with Crippen molar-refractivity contribution >= 4 is 47.8 Å². The fourth-order valence-electron chi connectivity index (χ4n) is 2.34. The Morgan fingerprint density at radius 2 is 1.62 bits per heavy atom. The van der Waals surface area contributed by atoms with Crippen molar-refractivity contribution in [3.63, 3.8) is 0 Å². The van der Waals surface area contributed by atoms with Gasteiger partial charge in [0, 0.05) is 8.95 Å². The third-order valence-electron chi connectivity index (χ3n) is 3.52. The first kappa shape index (κ1) is 15.4. The molecule has 5 heteroatoms. The maximum atomic E-state index is 5.68. The SMILES string of the molecule is Cc1c(Br)cccc1C(Br)c1cc2c(cc1Br)OCCO2. The van der Waals surface area contributed by atoms with Gasteiger partial charge >= 0.3 is 0 Å². The lowest BCUT2D eigenvalue weighted by Gasteiger charge is -2.22. The van der Waals surface area contributed by atoms with Gasteiger partial charge in [-0.15, -0.1) is 0 Å². The summed E-state index contributed by atoms with van der Waals surface area (Å²) in [6.45, 7) is 3.30. The number of ether oxygens (including phenoxy) is 2. The molecule has 0 spiro atoms. The molecule has 110 valence electrons. The second-order valence-corrected chi connectivity index (χ2v) is 7.46. The van der Waals surface area contributed by atoms with Crippen LogP contribution in [0.2, 0.25) is 0 Å². The molecule has 0 fully saturated rings. The maximum Gasteiger partial charge on any atom is 0.162 e. The van der Waals surface area contributed by atoms with Crippen molar-refractivity contribution in [1.29, 1.82) is 0 Å². The van der Waals surface area contributed by atoms with Crippen molar-refractivity contribution in [3.05, 3.63) is 56.0 Å². The number of benzene rings is 2. The van der Waals surface area contributed by atoms with Crippen LogP contribution in [0.1, 0.15) is 21.5 Å². The lowest BCUT2D eigenvalue weighted by molar-refractivity contribution is 0.171.